The van der Waals surface area contributed by atoms with Gasteiger partial charge in [-0.05, 0) is 24.4 Å². The Bertz CT molecular complexity index is 736. The van der Waals surface area contributed by atoms with Crippen LogP contribution in [0.1, 0.15) is 23.0 Å². The summed E-state index contributed by atoms with van der Waals surface area (Å²) in [4.78, 5) is 21.4. The van der Waals surface area contributed by atoms with E-state index in [2.05, 4.69) is 15.1 Å². The van der Waals surface area contributed by atoms with Gasteiger partial charge >= 0.3 is 5.97 Å². The molecule has 6 nitrogen and oxygen atoms in total. The second kappa shape index (κ2) is 5.38. The number of nitrogens with zero attached hydrogens (tertiary/aromatic N) is 4. The van der Waals surface area contributed by atoms with Gasteiger partial charge in [0.2, 0.25) is 0 Å². The molecule has 20 heavy (non-hydrogen) atoms. The molecule has 0 N–H and O–H groups in total. The van der Waals surface area contributed by atoms with Gasteiger partial charge in [0.05, 0.1) is 24.4 Å². The number of rotatable bonds is 4. The Kier molecular flexibility index (Phi) is 3.42. The Morgan fingerprint density at radius 2 is 2.40 bits per heavy atom. The Balaban J connectivity index is 2.06. The van der Waals surface area contributed by atoms with Crippen LogP contribution in [0.25, 0.3) is 10.2 Å². The molecule has 3 rings (SSSR count). The molecule has 0 aliphatic carbocycles. The topological polar surface area (TPSA) is 69.9 Å². The van der Waals surface area contributed by atoms with Crippen molar-refractivity contribution >= 4 is 27.5 Å². The van der Waals surface area contributed by atoms with Crippen LogP contribution in [0.3, 0.4) is 0 Å². The minimum atomic E-state index is -0.358. The molecule has 3 aromatic rings. The zero-order valence-electron chi connectivity index (χ0n) is 10.8. The van der Waals surface area contributed by atoms with Gasteiger partial charge in [0, 0.05) is 5.39 Å². The highest BCUT2D eigenvalue weighted by atomic mass is 32.1. The van der Waals surface area contributed by atoms with Crippen molar-refractivity contribution in [3.8, 4) is 0 Å². The van der Waals surface area contributed by atoms with E-state index in [-0.39, 0.29) is 5.97 Å². The van der Waals surface area contributed by atoms with E-state index in [9.17, 15) is 4.79 Å². The van der Waals surface area contributed by atoms with Gasteiger partial charge < -0.3 is 4.74 Å². The Morgan fingerprint density at radius 3 is 3.15 bits per heavy atom. The van der Waals surface area contributed by atoms with Crippen molar-refractivity contribution in [1.82, 2.24) is 19.7 Å². The summed E-state index contributed by atoms with van der Waals surface area (Å²) in [6, 6.07) is 3.76. The fourth-order valence-corrected chi connectivity index (χ4v) is 2.68. The van der Waals surface area contributed by atoms with E-state index in [1.54, 1.807) is 17.9 Å². The fraction of sp³-hybridized carbons (Fsp3) is 0.231. The van der Waals surface area contributed by atoms with Crippen LogP contribution in [0.5, 0.6) is 0 Å². The third kappa shape index (κ3) is 2.39. The molecule has 3 heterocycles. The molecule has 0 amide bonds. The summed E-state index contributed by atoms with van der Waals surface area (Å²) in [6.07, 6.45) is 3.04. The predicted octanol–water partition coefficient (Wildman–Crippen LogP) is 2.11. The third-order valence-corrected chi connectivity index (χ3v) is 3.62. The normalized spacial score (nSPS) is 10.8. The van der Waals surface area contributed by atoms with Gasteiger partial charge in [-0.25, -0.2) is 19.4 Å². The maximum absolute atomic E-state index is 12.1. The quantitative estimate of drug-likeness (QED) is 0.688. The van der Waals surface area contributed by atoms with Crippen LogP contribution in [0.4, 0.5) is 0 Å². The summed E-state index contributed by atoms with van der Waals surface area (Å²) in [5, 5.41) is 6.94. The van der Waals surface area contributed by atoms with Crippen LogP contribution < -0.4 is 0 Å². The second-order valence-electron chi connectivity index (χ2n) is 4.11. The summed E-state index contributed by atoms with van der Waals surface area (Å²) < 4.78 is 6.72. The average molecular weight is 288 g/mol. The Morgan fingerprint density at radius 1 is 1.50 bits per heavy atom. The maximum atomic E-state index is 12.1. The smallest absolute Gasteiger partial charge is 0.340 e. The van der Waals surface area contributed by atoms with E-state index in [1.807, 2.05) is 17.5 Å². The highest BCUT2D eigenvalue weighted by Gasteiger charge is 2.16. The van der Waals surface area contributed by atoms with E-state index in [0.717, 1.165) is 10.2 Å². The van der Waals surface area contributed by atoms with Crippen molar-refractivity contribution in [3.63, 3.8) is 0 Å². The molecule has 0 aliphatic rings. The number of fused-ring (bicyclic) bond motifs is 1. The molecule has 3 aromatic heterocycles. The van der Waals surface area contributed by atoms with E-state index >= 15 is 0 Å². The lowest BCUT2D eigenvalue weighted by molar-refractivity contribution is 0.0524. The van der Waals surface area contributed by atoms with Crippen molar-refractivity contribution in [1.29, 1.82) is 0 Å². The van der Waals surface area contributed by atoms with E-state index < -0.39 is 0 Å². The highest BCUT2D eigenvalue weighted by Crippen LogP contribution is 2.22. The number of carbonyl (C=O) groups is 1. The van der Waals surface area contributed by atoms with E-state index in [1.165, 1.54) is 17.7 Å². The fourth-order valence-electron chi connectivity index (χ4n) is 1.91. The van der Waals surface area contributed by atoms with Crippen molar-refractivity contribution in [2.75, 3.05) is 6.61 Å². The summed E-state index contributed by atoms with van der Waals surface area (Å²) in [5.41, 5.74) is 1.12. The lowest BCUT2D eigenvalue weighted by atomic mass is 10.1. The minimum Gasteiger partial charge on any atom is -0.462 e. The van der Waals surface area contributed by atoms with Gasteiger partial charge in [-0.15, -0.1) is 11.3 Å². The molecule has 0 aliphatic heterocycles. The van der Waals surface area contributed by atoms with Gasteiger partial charge in [0.15, 0.2) is 0 Å². The van der Waals surface area contributed by atoms with Crippen LogP contribution >= 0.6 is 11.3 Å². The van der Waals surface area contributed by atoms with Crippen LogP contribution in [-0.4, -0.2) is 32.3 Å². The minimum absolute atomic E-state index is 0.337. The average Bonchev–Trinajstić information content (AvgIpc) is 3.08. The molecule has 0 atom stereocenters. The molecular formula is C13H12N4O2S. The van der Waals surface area contributed by atoms with Crippen molar-refractivity contribution in [2.24, 2.45) is 0 Å². The molecule has 0 fully saturated rings. The number of pyridine rings is 1. The molecule has 0 saturated carbocycles. The number of carbonyl (C=O) groups excluding carboxylic acids is 1. The summed E-state index contributed by atoms with van der Waals surface area (Å²) in [7, 11) is 0. The number of hydrogen-bond acceptors (Lipinski definition) is 6. The van der Waals surface area contributed by atoms with Crippen LogP contribution in [0.15, 0.2) is 30.2 Å². The number of ether oxygens (including phenoxy) is 1. The van der Waals surface area contributed by atoms with Crippen molar-refractivity contribution in [2.45, 2.75) is 13.5 Å². The first-order chi connectivity index (χ1) is 9.78. The van der Waals surface area contributed by atoms with Crippen molar-refractivity contribution in [3.05, 3.63) is 41.4 Å². The SMILES string of the molecule is CCOC(=O)c1cc2ccsc2nc1Cn1cncn1. The van der Waals surface area contributed by atoms with E-state index in [0.29, 0.717) is 24.4 Å². The summed E-state index contributed by atoms with van der Waals surface area (Å²) in [6.45, 7) is 2.51. The summed E-state index contributed by atoms with van der Waals surface area (Å²) in [5.74, 6) is -0.358. The van der Waals surface area contributed by atoms with Crippen LogP contribution in [0, 0.1) is 0 Å². The molecular weight excluding hydrogens is 276 g/mol. The molecule has 102 valence electrons. The first-order valence-corrected chi connectivity index (χ1v) is 7.02. The van der Waals surface area contributed by atoms with Gasteiger partial charge in [-0.3, -0.25) is 0 Å². The zero-order valence-corrected chi connectivity index (χ0v) is 11.6. The monoisotopic (exact) mass is 288 g/mol. The first kappa shape index (κ1) is 12.7. The Hall–Kier alpha value is -2.28. The predicted molar refractivity (Wildman–Crippen MR) is 74.7 cm³/mol. The van der Waals surface area contributed by atoms with Gasteiger partial charge in [0.25, 0.3) is 0 Å². The van der Waals surface area contributed by atoms with Crippen molar-refractivity contribution < 1.29 is 9.53 Å². The maximum Gasteiger partial charge on any atom is 0.340 e. The third-order valence-electron chi connectivity index (χ3n) is 2.80. The number of aromatic nitrogens is 4. The highest BCUT2D eigenvalue weighted by molar-refractivity contribution is 7.16. The van der Waals surface area contributed by atoms with Gasteiger partial charge in [0.1, 0.15) is 17.5 Å². The molecule has 0 aromatic carbocycles. The first-order valence-electron chi connectivity index (χ1n) is 6.14. The Labute approximate surface area is 119 Å². The molecule has 0 unspecified atom stereocenters. The summed E-state index contributed by atoms with van der Waals surface area (Å²) >= 11 is 1.54. The van der Waals surface area contributed by atoms with Gasteiger partial charge in [-0.1, -0.05) is 0 Å². The lowest BCUT2D eigenvalue weighted by Crippen LogP contribution is -2.12. The number of thiophene rings is 1. The van der Waals surface area contributed by atoms with Crippen LogP contribution in [0.2, 0.25) is 0 Å². The number of esters is 1. The standard InChI is InChI=1S/C13H12N4O2S/c1-2-19-13(18)10-5-9-3-4-20-12(9)16-11(10)6-17-8-14-7-15-17/h3-5,7-8H,2,6H2,1H3. The number of hydrogen-bond donors (Lipinski definition) is 0. The molecule has 0 spiro atoms. The van der Waals surface area contributed by atoms with Crippen LogP contribution in [-0.2, 0) is 11.3 Å². The van der Waals surface area contributed by atoms with E-state index in [4.69, 9.17) is 4.74 Å². The second-order valence-corrected chi connectivity index (χ2v) is 5.01. The molecule has 0 radical (unpaired) electrons. The largest absolute Gasteiger partial charge is 0.462 e. The molecule has 0 saturated heterocycles. The lowest BCUT2D eigenvalue weighted by Gasteiger charge is -2.08. The molecule has 0 bridgehead atoms. The zero-order chi connectivity index (χ0) is 13.9. The van der Waals surface area contributed by atoms with Gasteiger partial charge in [-0.2, -0.15) is 5.10 Å². The molecule has 7 heteroatoms.